The lowest BCUT2D eigenvalue weighted by Crippen LogP contribution is -2.47. The molecule has 0 radical (unpaired) electrons. The van der Waals surface area contributed by atoms with Crippen LogP contribution in [0.5, 0.6) is 0 Å². The summed E-state index contributed by atoms with van der Waals surface area (Å²) in [5, 5.41) is 3.65. The van der Waals surface area contributed by atoms with Crippen LogP contribution in [0.15, 0.2) is 59.6 Å². The Morgan fingerprint density at radius 2 is 1.87 bits per heavy atom. The number of nitrogens with zero attached hydrogens (tertiary/aromatic N) is 5. The smallest absolute Gasteiger partial charge is 0.248 e. The van der Waals surface area contributed by atoms with Gasteiger partial charge >= 0.3 is 0 Å². The Labute approximate surface area is 233 Å². The number of aryl methyl sites for hydroxylation is 1. The number of hydrogen-bond acceptors (Lipinski definition) is 6. The first kappa shape index (κ1) is 25.4. The van der Waals surface area contributed by atoms with Crippen LogP contribution in [0.4, 0.5) is 5.82 Å². The average Bonchev–Trinajstić information content (AvgIpc) is 3.23. The van der Waals surface area contributed by atoms with E-state index >= 15 is 0 Å². The Hall–Kier alpha value is -3.92. The molecule has 6 rings (SSSR count). The molecule has 1 aliphatic heterocycles. The first-order valence-electron chi connectivity index (χ1n) is 12.9. The second kappa shape index (κ2) is 9.68. The molecule has 4 unspecified atom stereocenters. The van der Waals surface area contributed by atoms with Crippen LogP contribution in [0, 0.1) is 24.7 Å². The van der Waals surface area contributed by atoms with Crippen molar-refractivity contribution in [2.45, 2.75) is 33.4 Å². The highest BCUT2D eigenvalue weighted by atomic mass is 79.9. The first-order chi connectivity index (χ1) is 18.7. The summed E-state index contributed by atoms with van der Waals surface area (Å²) in [6.45, 7) is 6.06. The highest BCUT2D eigenvalue weighted by Gasteiger charge is 2.62. The number of carbonyl (C=O) groups excluding carboxylic acids is 3. The van der Waals surface area contributed by atoms with E-state index in [0.717, 1.165) is 22.0 Å². The molecular formula is C29H27BrN6O3. The Balaban J connectivity index is 1.27. The van der Waals surface area contributed by atoms with Gasteiger partial charge in [0, 0.05) is 47.2 Å². The summed E-state index contributed by atoms with van der Waals surface area (Å²) in [4.78, 5) is 54.1. The topological polar surface area (TPSA) is 110 Å². The zero-order valence-electron chi connectivity index (χ0n) is 21.8. The number of halogens is 1. The molecule has 2 aliphatic rings. The maximum Gasteiger partial charge on any atom is 0.248 e. The van der Waals surface area contributed by atoms with Crippen LogP contribution in [0.1, 0.15) is 30.0 Å². The van der Waals surface area contributed by atoms with E-state index < -0.39 is 6.04 Å². The first-order valence-corrected chi connectivity index (χ1v) is 13.7. The molecule has 2 amide bonds. The van der Waals surface area contributed by atoms with E-state index in [2.05, 4.69) is 43.1 Å². The molecule has 1 saturated heterocycles. The summed E-state index contributed by atoms with van der Waals surface area (Å²) in [7, 11) is 0. The van der Waals surface area contributed by atoms with Crippen molar-refractivity contribution in [1.29, 1.82) is 0 Å². The molecule has 1 saturated carbocycles. The van der Waals surface area contributed by atoms with Gasteiger partial charge in [-0.2, -0.15) is 0 Å². The molecule has 4 atom stereocenters. The third-order valence-electron chi connectivity index (χ3n) is 7.98. The summed E-state index contributed by atoms with van der Waals surface area (Å²) in [6, 6.07) is 10.5. The lowest BCUT2D eigenvalue weighted by Gasteiger charge is -2.28. The number of anilines is 1. The number of pyridine rings is 1. The Kier molecular flexibility index (Phi) is 6.29. The van der Waals surface area contributed by atoms with Crippen LogP contribution in [-0.4, -0.2) is 54.6 Å². The number of hydrogen-bond donors (Lipinski definition) is 1. The number of ketones is 1. The van der Waals surface area contributed by atoms with E-state index in [4.69, 9.17) is 0 Å². The van der Waals surface area contributed by atoms with Crippen LogP contribution in [-0.2, 0) is 16.1 Å². The summed E-state index contributed by atoms with van der Waals surface area (Å²) >= 11 is 3.33. The van der Waals surface area contributed by atoms with Gasteiger partial charge in [0.1, 0.15) is 28.8 Å². The molecule has 0 spiro atoms. The van der Waals surface area contributed by atoms with Crippen molar-refractivity contribution in [3.63, 3.8) is 0 Å². The number of aromatic nitrogens is 4. The van der Waals surface area contributed by atoms with Gasteiger partial charge in [0.2, 0.25) is 11.8 Å². The second-order valence-electron chi connectivity index (χ2n) is 10.4. The monoisotopic (exact) mass is 586 g/mol. The predicted octanol–water partition coefficient (Wildman–Crippen LogP) is 4.50. The molecule has 10 heteroatoms. The molecular weight excluding hydrogens is 560 g/mol. The zero-order chi connectivity index (χ0) is 27.4. The zero-order valence-corrected chi connectivity index (χ0v) is 23.3. The third-order valence-corrected chi connectivity index (χ3v) is 8.42. The van der Waals surface area contributed by atoms with E-state index in [1.54, 1.807) is 41.7 Å². The lowest BCUT2D eigenvalue weighted by atomic mass is 10.0. The largest absolute Gasteiger partial charge is 0.337 e. The Morgan fingerprint density at radius 1 is 1.10 bits per heavy atom. The van der Waals surface area contributed by atoms with Crippen molar-refractivity contribution in [3.05, 3.63) is 71.0 Å². The molecule has 1 aromatic carbocycles. The van der Waals surface area contributed by atoms with Crippen molar-refractivity contribution in [2.75, 3.05) is 11.9 Å². The van der Waals surface area contributed by atoms with Gasteiger partial charge in [-0.15, -0.1) is 0 Å². The van der Waals surface area contributed by atoms with E-state index in [9.17, 15) is 14.4 Å². The van der Waals surface area contributed by atoms with Crippen LogP contribution < -0.4 is 5.32 Å². The average molecular weight is 587 g/mol. The minimum atomic E-state index is -0.555. The maximum absolute atomic E-state index is 13.7. The van der Waals surface area contributed by atoms with Gasteiger partial charge in [-0.1, -0.05) is 19.1 Å². The van der Waals surface area contributed by atoms with Crippen LogP contribution in [0.2, 0.25) is 0 Å². The number of piperidine rings is 1. The minimum Gasteiger partial charge on any atom is -0.337 e. The fourth-order valence-electron chi connectivity index (χ4n) is 5.86. The van der Waals surface area contributed by atoms with Gasteiger partial charge in [0.05, 0.1) is 0 Å². The predicted molar refractivity (Wildman–Crippen MR) is 150 cm³/mol. The molecule has 0 bridgehead atoms. The van der Waals surface area contributed by atoms with E-state index in [1.165, 1.54) is 6.92 Å². The summed E-state index contributed by atoms with van der Waals surface area (Å²) in [5.41, 5.74) is 3.06. The number of amides is 2. The van der Waals surface area contributed by atoms with Crippen molar-refractivity contribution in [1.82, 2.24) is 24.4 Å². The van der Waals surface area contributed by atoms with E-state index in [1.807, 2.05) is 29.7 Å². The molecule has 3 aromatic heterocycles. The second-order valence-corrected chi connectivity index (χ2v) is 11.2. The van der Waals surface area contributed by atoms with Crippen molar-refractivity contribution in [2.24, 2.45) is 17.8 Å². The summed E-state index contributed by atoms with van der Waals surface area (Å²) in [5.74, 6) is 1.50. The number of carbonyl (C=O) groups is 3. The van der Waals surface area contributed by atoms with Gasteiger partial charge in [-0.3, -0.25) is 14.4 Å². The molecule has 9 nitrogen and oxygen atoms in total. The minimum absolute atomic E-state index is 0.0313. The van der Waals surface area contributed by atoms with Gasteiger partial charge < -0.3 is 14.8 Å². The van der Waals surface area contributed by atoms with Gasteiger partial charge in [-0.05, 0) is 77.4 Å². The van der Waals surface area contributed by atoms with Crippen LogP contribution >= 0.6 is 15.9 Å². The molecule has 4 heterocycles. The van der Waals surface area contributed by atoms with Gasteiger partial charge in [-0.25, -0.2) is 15.0 Å². The molecule has 198 valence electrons. The normalized spacial score (nSPS) is 21.6. The Bertz CT molecular complexity index is 1630. The highest BCUT2D eigenvalue weighted by Crippen LogP contribution is 2.55. The molecule has 39 heavy (non-hydrogen) atoms. The van der Waals surface area contributed by atoms with E-state index in [0.29, 0.717) is 40.2 Å². The number of benzene rings is 1. The number of nitrogens with one attached hydrogen (secondary N) is 1. The number of likely N-dealkylation sites (tertiary alicyclic amines) is 1. The SMILES string of the molecule is CC(=O)c1cn(CC(=O)N2CC3C(C)C3C2C(=O)Nc2cccc(Br)n2)c2ccc(-c3cnc(C)nc3)cc12. The summed E-state index contributed by atoms with van der Waals surface area (Å²) < 4.78 is 2.43. The van der Waals surface area contributed by atoms with Crippen LogP contribution in [0.25, 0.3) is 22.0 Å². The number of rotatable bonds is 6. The molecule has 2 fully saturated rings. The maximum atomic E-state index is 13.7. The molecule has 1 aliphatic carbocycles. The fourth-order valence-corrected chi connectivity index (χ4v) is 6.20. The lowest BCUT2D eigenvalue weighted by molar-refractivity contribution is -0.138. The van der Waals surface area contributed by atoms with E-state index in [-0.39, 0.29) is 30.1 Å². The number of Topliss-reactive ketones (excluding diaryl/α,β-unsaturated/α-hetero) is 1. The molecule has 1 N–H and O–H groups in total. The van der Waals surface area contributed by atoms with Crippen molar-refractivity contribution in [3.8, 4) is 11.1 Å². The summed E-state index contributed by atoms with van der Waals surface area (Å²) in [6.07, 6.45) is 5.25. The fraction of sp³-hybridized carbons (Fsp3) is 0.310. The van der Waals surface area contributed by atoms with Crippen LogP contribution in [0.3, 0.4) is 0 Å². The number of fused-ring (bicyclic) bond motifs is 2. The molecule has 4 aromatic rings. The van der Waals surface area contributed by atoms with Gasteiger partial charge in [0.15, 0.2) is 5.78 Å². The Morgan fingerprint density at radius 3 is 2.59 bits per heavy atom. The van der Waals surface area contributed by atoms with Gasteiger partial charge in [0.25, 0.3) is 0 Å². The van der Waals surface area contributed by atoms with Crippen molar-refractivity contribution < 1.29 is 14.4 Å². The highest BCUT2D eigenvalue weighted by molar-refractivity contribution is 9.10. The van der Waals surface area contributed by atoms with Crippen molar-refractivity contribution >= 4 is 50.2 Å². The third kappa shape index (κ3) is 4.63. The standard InChI is InChI=1S/C29H27BrN6O3/c1-15-21-13-36(28(27(15)21)29(39)34-25-6-4-5-24(30)33-25)26(38)14-35-12-22(16(2)37)20-9-18(7-8-23(20)35)19-10-31-17(3)32-11-19/h4-12,15,21,27-28H,13-14H2,1-3H3,(H,33,34,39). The quantitative estimate of drug-likeness (QED) is 0.263.